The molecule has 0 radical (unpaired) electrons. The molecule has 0 aliphatic heterocycles. The molecule has 0 aliphatic carbocycles. The van der Waals surface area contributed by atoms with Gasteiger partial charge in [0.1, 0.15) is 5.75 Å². The van der Waals surface area contributed by atoms with E-state index in [1.165, 1.54) is 18.2 Å². The molecule has 0 unspecified atom stereocenters. The second-order valence-corrected chi connectivity index (χ2v) is 2.90. The Balaban J connectivity index is 2.97. The Morgan fingerprint density at radius 2 is 2.21 bits per heavy atom. The molecule has 74 valence electrons. The largest absolute Gasteiger partial charge is 0.435 e. The molecule has 2 nitrogen and oxygen atoms in total. The van der Waals surface area contributed by atoms with E-state index in [-0.39, 0.29) is 12.2 Å². The maximum atomic E-state index is 11.9. The van der Waals surface area contributed by atoms with Crippen molar-refractivity contribution in [3.05, 3.63) is 28.8 Å². The van der Waals surface area contributed by atoms with E-state index in [0.29, 0.717) is 10.6 Å². The number of hydrogen-bond acceptors (Lipinski definition) is 2. The maximum absolute atomic E-state index is 11.9. The predicted octanol–water partition coefficient (Wildman–Crippen LogP) is 3.01. The minimum atomic E-state index is -2.89. The van der Waals surface area contributed by atoms with E-state index in [9.17, 15) is 8.78 Å². The number of rotatable bonds is 3. The first-order valence-corrected chi connectivity index (χ1v) is 4.11. The molecule has 0 saturated carbocycles. The lowest BCUT2D eigenvalue weighted by molar-refractivity contribution is -0.0503. The minimum Gasteiger partial charge on any atom is -0.435 e. The van der Waals surface area contributed by atoms with E-state index >= 15 is 0 Å². The van der Waals surface area contributed by atoms with Crippen LogP contribution in [0.25, 0.3) is 0 Å². The lowest BCUT2D eigenvalue weighted by Crippen LogP contribution is -2.04. The third-order valence-electron chi connectivity index (χ3n) is 1.51. The lowest BCUT2D eigenvalue weighted by atomic mass is 10.1. The molecule has 0 saturated heterocycles. The van der Waals surface area contributed by atoms with Crippen LogP contribution in [-0.2, 0) is 6.42 Å². The highest BCUT2D eigenvalue weighted by atomic mass is 35.5. The quantitative estimate of drug-likeness (QED) is 0.780. The van der Waals surface area contributed by atoms with Gasteiger partial charge in [0, 0.05) is 10.6 Å². The van der Waals surface area contributed by atoms with Crippen molar-refractivity contribution in [1.82, 2.24) is 0 Å². The van der Waals surface area contributed by atoms with Crippen LogP contribution in [0.1, 0.15) is 5.56 Å². The van der Waals surface area contributed by atoms with Gasteiger partial charge in [0.25, 0.3) is 0 Å². The number of benzene rings is 1. The van der Waals surface area contributed by atoms with Crippen molar-refractivity contribution in [2.45, 2.75) is 13.0 Å². The number of hydrogen-bond donors (Lipinski definition) is 0. The maximum Gasteiger partial charge on any atom is 0.387 e. The van der Waals surface area contributed by atoms with Crippen molar-refractivity contribution in [3.63, 3.8) is 0 Å². The molecule has 0 amide bonds. The summed E-state index contributed by atoms with van der Waals surface area (Å²) in [5, 5.41) is 8.82. The second kappa shape index (κ2) is 4.77. The second-order valence-electron chi connectivity index (χ2n) is 2.47. The summed E-state index contributed by atoms with van der Waals surface area (Å²) in [5.41, 5.74) is 0.361. The van der Waals surface area contributed by atoms with Crippen LogP contribution in [0.15, 0.2) is 18.2 Å². The van der Waals surface area contributed by atoms with Crippen LogP contribution in [0.2, 0.25) is 5.02 Å². The fourth-order valence-electron chi connectivity index (χ4n) is 0.982. The van der Waals surface area contributed by atoms with Gasteiger partial charge in [-0.15, -0.1) is 0 Å². The van der Waals surface area contributed by atoms with Gasteiger partial charge in [-0.1, -0.05) is 11.6 Å². The molecule has 0 atom stereocenters. The summed E-state index contributed by atoms with van der Waals surface area (Å²) in [6, 6.07) is 6.03. The van der Waals surface area contributed by atoms with E-state index in [1.54, 1.807) is 0 Å². The fraction of sp³-hybridized carbons (Fsp3) is 0.222. The predicted molar refractivity (Wildman–Crippen MR) is 47.4 cm³/mol. The summed E-state index contributed by atoms with van der Waals surface area (Å²) in [5.74, 6) is -0.00838. The van der Waals surface area contributed by atoms with Gasteiger partial charge in [0.15, 0.2) is 0 Å². The highest BCUT2D eigenvalue weighted by Gasteiger charge is 2.09. The Morgan fingerprint density at radius 1 is 1.50 bits per heavy atom. The Bertz CT molecular complexity index is 362. The van der Waals surface area contributed by atoms with Crippen molar-refractivity contribution in [1.29, 1.82) is 5.26 Å². The van der Waals surface area contributed by atoms with Gasteiger partial charge in [-0.05, 0) is 18.2 Å². The Morgan fingerprint density at radius 3 is 2.79 bits per heavy atom. The van der Waals surface area contributed by atoms with E-state index in [1.807, 2.05) is 6.07 Å². The van der Waals surface area contributed by atoms with E-state index in [4.69, 9.17) is 16.9 Å². The summed E-state index contributed by atoms with van der Waals surface area (Å²) < 4.78 is 28.0. The Labute approximate surface area is 84.7 Å². The standard InChI is InChI=1S/C9H6ClF2NO/c10-7-1-2-8(14-9(11)12)6(5-7)3-4-13/h1-2,5,9H,3H2. The molecular weight excluding hydrogens is 212 g/mol. The smallest absolute Gasteiger partial charge is 0.387 e. The van der Waals surface area contributed by atoms with Crippen LogP contribution in [0, 0.1) is 11.3 Å². The zero-order chi connectivity index (χ0) is 10.6. The van der Waals surface area contributed by atoms with Gasteiger partial charge in [0.2, 0.25) is 0 Å². The average molecular weight is 218 g/mol. The number of ether oxygens (including phenoxy) is 1. The van der Waals surface area contributed by atoms with Gasteiger partial charge in [-0.3, -0.25) is 0 Å². The van der Waals surface area contributed by atoms with Gasteiger partial charge < -0.3 is 4.74 Å². The lowest BCUT2D eigenvalue weighted by Gasteiger charge is -2.08. The number of alkyl halides is 2. The summed E-state index contributed by atoms with van der Waals surface area (Å²) in [6.07, 6.45) is -0.0113. The monoisotopic (exact) mass is 217 g/mol. The first-order valence-electron chi connectivity index (χ1n) is 3.73. The molecule has 0 bridgehead atoms. The highest BCUT2D eigenvalue weighted by molar-refractivity contribution is 6.30. The van der Waals surface area contributed by atoms with Crippen molar-refractivity contribution in [2.24, 2.45) is 0 Å². The molecule has 1 aromatic rings. The Kier molecular flexibility index (Phi) is 3.66. The van der Waals surface area contributed by atoms with E-state index in [2.05, 4.69) is 4.74 Å². The van der Waals surface area contributed by atoms with Gasteiger partial charge in [-0.25, -0.2) is 0 Å². The molecular formula is C9H6ClF2NO. The van der Waals surface area contributed by atoms with Crippen LogP contribution in [-0.4, -0.2) is 6.61 Å². The van der Waals surface area contributed by atoms with Gasteiger partial charge in [-0.2, -0.15) is 14.0 Å². The van der Waals surface area contributed by atoms with Crippen LogP contribution < -0.4 is 4.74 Å². The molecule has 0 aliphatic rings. The molecule has 0 heterocycles. The Hall–Kier alpha value is -1.34. The molecule has 1 rings (SSSR count). The zero-order valence-electron chi connectivity index (χ0n) is 7.01. The van der Waals surface area contributed by atoms with E-state index in [0.717, 1.165) is 0 Å². The van der Waals surface area contributed by atoms with Gasteiger partial charge in [0.05, 0.1) is 12.5 Å². The fourth-order valence-corrected chi connectivity index (χ4v) is 1.18. The number of halogens is 3. The zero-order valence-corrected chi connectivity index (χ0v) is 7.76. The molecule has 14 heavy (non-hydrogen) atoms. The van der Waals surface area contributed by atoms with Crippen molar-refractivity contribution in [3.8, 4) is 11.8 Å². The summed E-state index contributed by atoms with van der Waals surface area (Å²) in [6.45, 7) is -2.89. The van der Waals surface area contributed by atoms with Crippen LogP contribution in [0.3, 0.4) is 0 Å². The van der Waals surface area contributed by atoms with Crippen molar-refractivity contribution < 1.29 is 13.5 Å². The summed E-state index contributed by atoms with van der Waals surface area (Å²) in [4.78, 5) is 0. The third kappa shape index (κ3) is 2.86. The first-order chi connectivity index (χ1) is 6.63. The average Bonchev–Trinajstić information content (AvgIpc) is 2.09. The molecule has 0 fully saturated rings. The van der Waals surface area contributed by atoms with Crippen LogP contribution >= 0.6 is 11.6 Å². The molecule has 0 N–H and O–H groups in total. The third-order valence-corrected chi connectivity index (χ3v) is 1.74. The minimum absolute atomic E-state index is 0.00838. The number of nitriles is 1. The first kappa shape index (κ1) is 10.7. The summed E-state index contributed by atoms with van der Waals surface area (Å²) in [7, 11) is 0. The van der Waals surface area contributed by atoms with Crippen LogP contribution in [0.4, 0.5) is 8.78 Å². The summed E-state index contributed by atoms with van der Waals surface area (Å²) >= 11 is 5.64. The molecule has 0 spiro atoms. The van der Waals surface area contributed by atoms with Crippen LogP contribution in [0.5, 0.6) is 5.75 Å². The highest BCUT2D eigenvalue weighted by Crippen LogP contribution is 2.24. The topological polar surface area (TPSA) is 33.0 Å². The van der Waals surface area contributed by atoms with E-state index < -0.39 is 6.61 Å². The molecule has 5 heteroatoms. The van der Waals surface area contributed by atoms with Crippen molar-refractivity contribution >= 4 is 11.6 Å². The normalized spacial score (nSPS) is 9.93. The SMILES string of the molecule is N#CCc1cc(Cl)ccc1OC(F)F. The van der Waals surface area contributed by atoms with Crippen molar-refractivity contribution in [2.75, 3.05) is 0 Å². The molecule has 1 aromatic carbocycles. The number of nitrogens with zero attached hydrogens (tertiary/aromatic N) is 1. The van der Waals surface area contributed by atoms with Gasteiger partial charge >= 0.3 is 6.61 Å². The molecule has 0 aromatic heterocycles.